The number of ether oxygens (including phenoxy) is 5. The van der Waals surface area contributed by atoms with Crippen LogP contribution in [0.3, 0.4) is 0 Å². The summed E-state index contributed by atoms with van der Waals surface area (Å²) < 4.78 is 40.9. The van der Waals surface area contributed by atoms with E-state index >= 15 is 0 Å². The molecule has 12 heteroatoms. The van der Waals surface area contributed by atoms with Crippen molar-refractivity contribution in [2.75, 3.05) is 118 Å². The molecule has 0 spiro atoms. The second-order valence-electron chi connectivity index (χ2n) is 8.66. The number of hydrogen-bond donors (Lipinski definition) is 3. The fourth-order valence-corrected chi connectivity index (χ4v) is 3.29. The maximum absolute atomic E-state index is 13.5. The van der Waals surface area contributed by atoms with Gasteiger partial charge in [-0.1, -0.05) is 13.8 Å². The summed E-state index contributed by atoms with van der Waals surface area (Å²) in [6.07, 6.45) is -1.24. The third kappa shape index (κ3) is 20.7. The number of nitrogens with zero attached hydrogens (tertiary/aromatic N) is 2. The van der Waals surface area contributed by atoms with Crippen LogP contribution in [0, 0.1) is 0 Å². The van der Waals surface area contributed by atoms with Gasteiger partial charge >= 0.3 is 6.03 Å². The minimum Gasteiger partial charge on any atom is -0.378 e. The number of nitrogens with one attached hydrogen (secondary N) is 2. The fourth-order valence-electron chi connectivity index (χ4n) is 3.29. The molecule has 2 amide bonds. The highest BCUT2D eigenvalue weighted by atomic mass is 19.1. The summed E-state index contributed by atoms with van der Waals surface area (Å²) in [4.78, 5) is 15.2. The molecule has 0 saturated carbocycles. The molecule has 0 radical (unpaired) electrons. The van der Waals surface area contributed by atoms with Crippen LogP contribution in [0.1, 0.15) is 13.8 Å². The van der Waals surface area contributed by atoms with E-state index in [0.29, 0.717) is 65.5 Å². The van der Waals surface area contributed by atoms with Gasteiger partial charge < -0.3 is 40.1 Å². The summed E-state index contributed by atoms with van der Waals surface area (Å²) in [5.74, 6) is 0. The van der Waals surface area contributed by atoms with Crippen LogP contribution >= 0.6 is 0 Å². The van der Waals surface area contributed by atoms with Gasteiger partial charge in [0, 0.05) is 51.9 Å². The molecule has 35 heavy (non-hydrogen) atoms. The van der Waals surface area contributed by atoms with Crippen molar-refractivity contribution in [2.45, 2.75) is 26.1 Å². The Balaban J connectivity index is 1.80. The number of piperazine rings is 1. The van der Waals surface area contributed by atoms with Crippen molar-refractivity contribution in [3.05, 3.63) is 0 Å². The topological polar surface area (TPSA) is 120 Å². The molecule has 1 heterocycles. The molecule has 0 aliphatic carbocycles. The Morgan fingerprint density at radius 1 is 0.800 bits per heavy atom. The van der Waals surface area contributed by atoms with Crippen molar-refractivity contribution in [3.63, 3.8) is 0 Å². The van der Waals surface area contributed by atoms with Gasteiger partial charge in [0.1, 0.15) is 6.17 Å². The van der Waals surface area contributed by atoms with Gasteiger partial charge in [0.25, 0.3) is 0 Å². The lowest BCUT2D eigenvalue weighted by Crippen LogP contribution is -2.48. The number of alkyl halides is 1. The van der Waals surface area contributed by atoms with E-state index < -0.39 is 12.2 Å². The van der Waals surface area contributed by atoms with E-state index in [1.54, 1.807) is 0 Å². The largest absolute Gasteiger partial charge is 0.378 e. The summed E-state index contributed by atoms with van der Waals surface area (Å²) in [5, 5.41) is 5.52. The molecule has 0 aromatic carbocycles. The number of halogens is 1. The third-order valence-electron chi connectivity index (χ3n) is 5.28. The molecule has 1 aliphatic rings. The second kappa shape index (κ2) is 22.1. The fraction of sp³-hybridized carbons (Fsp3) is 0.957. The van der Waals surface area contributed by atoms with Gasteiger partial charge in [-0.3, -0.25) is 9.80 Å². The quantitative estimate of drug-likeness (QED) is 0.159. The molecule has 0 aromatic heterocycles. The van der Waals surface area contributed by atoms with E-state index in [2.05, 4.69) is 34.3 Å². The highest BCUT2D eigenvalue weighted by Gasteiger charge is 2.16. The van der Waals surface area contributed by atoms with Crippen molar-refractivity contribution >= 4 is 6.03 Å². The van der Waals surface area contributed by atoms with Gasteiger partial charge in [-0.2, -0.15) is 0 Å². The number of primary amides is 1. The molecule has 1 unspecified atom stereocenters. The Labute approximate surface area is 210 Å². The van der Waals surface area contributed by atoms with Crippen LogP contribution in [-0.4, -0.2) is 146 Å². The minimum atomic E-state index is -1.24. The number of carbonyl (C=O) groups excluding carboxylic acids is 1. The zero-order valence-electron chi connectivity index (χ0n) is 21.7. The van der Waals surface area contributed by atoms with E-state index in [-0.39, 0.29) is 13.2 Å². The zero-order valence-corrected chi connectivity index (χ0v) is 21.7. The first-order chi connectivity index (χ1) is 17.0. The normalized spacial score (nSPS) is 16.1. The maximum atomic E-state index is 13.5. The van der Waals surface area contributed by atoms with E-state index in [1.807, 2.05) is 0 Å². The first-order valence-corrected chi connectivity index (χ1v) is 12.7. The second-order valence-corrected chi connectivity index (χ2v) is 8.66. The third-order valence-corrected chi connectivity index (χ3v) is 5.28. The molecular weight excluding hydrogens is 461 g/mol. The van der Waals surface area contributed by atoms with Gasteiger partial charge in [-0.15, -0.1) is 0 Å². The van der Waals surface area contributed by atoms with E-state index in [9.17, 15) is 9.18 Å². The lowest BCUT2D eigenvalue weighted by Gasteiger charge is -2.34. The molecular formula is C23H48FN5O6. The number of hydrogen-bond acceptors (Lipinski definition) is 9. The molecule has 1 saturated heterocycles. The molecule has 0 bridgehead atoms. The molecule has 4 N–H and O–H groups in total. The predicted molar refractivity (Wildman–Crippen MR) is 133 cm³/mol. The standard InChI is InChI=1S/C23H48FN5O6/c1-21(2)26-3-10-31-13-15-33-17-18-34-16-14-32-11-8-28-4-6-29(7-5-28)9-12-35-20-22(24)19-27-23(25)30/h21-22,26H,3-20H2,1-2H3,(H3,25,27,30). The lowest BCUT2D eigenvalue weighted by molar-refractivity contribution is -0.00547. The molecule has 1 aliphatic heterocycles. The van der Waals surface area contributed by atoms with Crippen molar-refractivity contribution in [1.29, 1.82) is 0 Å². The summed E-state index contributed by atoms with van der Waals surface area (Å²) in [5.41, 5.74) is 4.91. The van der Waals surface area contributed by atoms with Crippen LogP contribution in [0.25, 0.3) is 0 Å². The van der Waals surface area contributed by atoms with Crippen LogP contribution < -0.4 is 16.4 Å². The van der Waals surface area contributed by atoms with Crippen LogP contribution in [-0.2, 0) is 23.7 Å². The van der Waals surface area contributed by atoms with Crippen LogP contribution in [0.5, 0.6) is 0 Å². The predicted octanol–water partition coefficient (Wildman–Crippen LogP) is -0.309. The first-order valence-electron chi connectivity index (χ1n) is 12.7. The van der Waals surface area contributed by atoms with E-state index in [1.165, 1.54) is 0 Å². The van der Waals surface area contributed by atoms with Gasteiger partial charge in [0.2, 0.25) is 0 Å². The summed E-state index contributed by atoms with van der Waals surface area (Å²) in [6, 6.07) is -0.247. The molecule has 11 nitrogen and oxygen atoms in total. The zero-order chi connectivity index (χ0) is 25.6. The molecule has 1 fully saturated rings. The number of rotatable bonds is 23. The molecule has 1 atom stereocenters. The average Bonchev–Trinajstić information content (AvgIpc) is 2.83. The van der Waals surface area contributed by atoms with Crippen LogP contribution in [0.15, 0.2) is 0 Å². The molecule has 1 rings (SSSR count). The van der Waals surface area contributed by atoms with Crippen molar-refractivity contribution in [2.24, 2.45) is 5.73 Å². The molecule has 0 aromatic rings. The maximum Gasteiger partial charge on any atom is 0.312 e. The smallest absolute Gasteiger partial charge is 0.312 e. The van der Waals surface area contributed by atoms with Gasteiger partial charge in [0.15, 0.2) is 0 Å². The van der Waals surface area contributed by atoms with Crippen LogP contribution in [0.2, 0.25) is 0 Å². The highest BCUT2D eigenvalue weighted by molar-refractivity contribution is 5.71. The number of urea groups is 1. The summed E-state index contributed by atoms with van der Waals surface area (Å²) in [6.45, 7) is 15.7. The Morgan fingerprint density at radius 3 is 1.74 bits per heavy atom. The average molecular weight is 510 g/mol. The Morgan fingerprint density at radius 2 is 1.26 bits per heavy atom. The lowest BCUT2D eigenvalue weighted by atomic mass is 10.3. The number of nitrogens with two attached hydrogens (primary N) is 1. The van der Waals surface area contributed by atoms with Crippen molar-refractivity contribution < 1.29 is 32.9 Å². The van der Waals surface area contributed by atoms with E-state index in [4.69, 9.17) is 29.4 Å². The summed E-state index contributed by atoms with van der Waals surface area (Å²) in [7, 11) is 0. The first kappa shape index (κ1) is 31.9. The van der Waals surface area contributed by atoms with Gasteiger partial charge in [-0.25, -0.2) is 9.18 Å². The highest BCUT2D eigenvalue weighted by Crippen LogP contribution is 2.02. The minimum absolute atomic E-state index is 0.0416. The number of amides is 2. The molecule has 208 valence electrons. The Kier molecular flexibility index (Phi) is 20.2. The van der Waals surface area contributed by atoms with Gasteiger partial charge in [0.05, 0.1) is 72.6 Å². The number of carbonyl (C=O) groups is 1. The Bertz CT molecular complexity index is 501. The summed E-state index contributed by atoms with van der Waals surface area (Å²) >= 11 is 0. The monoisotopic (exact) mass is 509 g/mol. The Hall–Kier alpha value is -1.12. The SMILES string of the molecule is CC(C)NCCOCCOCCOCCOCCN1CCN(CCOCC(F)CNC(N)=O)CC1. The van der Waals surface area contributed by atoms with Crippen molar-refractivity contribution in [3.8, 4) is 0 Å². The van der Waals surface area contributed by atoms with Crippen LogP contribution in [0.4, 0.5) is 9.18 Å². The van der Waals surface area contributed by atoms with E-state index in [0.717, 1.165) is 45.8 Å². The van der Waals surface area contributed by atoms with Gasteiger partial charge in [-0.05, 0) is 0 Å². The van der Waals surface area contributed by atoms with Crippen molar-refractivity contribution in [1.82, 2.24) is 20.4 Å².